The van der Waals surface area contributed by atoms with Crippen LogP contribution in [0, 0.1) is 12.3 Å². The van der Waals surface area contributed by atoms with Crippen LogP contribution in [-0.4, -0.2) is 6.54 Å². The summed E-state index contributed by atoms with van der Waals surface area (Å²) in [6, 6.07) is 10.1. The van der Waals surface area contributed by atoms with Crippen LogP contribution in [0.3, 0.4) is 0 Å². The maximum absolute atomic E-state index is 6.71. The lowest BCUT2D eigenvalue weighted by Crippen LogP contribution is -2.00. The van der Waals surface area contributed by atoms with Gasteiger partial charge in [-0.25, -0.2) is 0 Å². The monoisotopic (exact) mass is 158 g/mol. The predicted molar refractivity (Wildman–Crippen MR) is 51.3 cm³/mol. The highest BCUT2D eigenvalue weighted by Crippen LogP contribution is 2.04. The maximum atomic E-state index is 6.71. The molecular formula is C11H12N. The highest BCUT2D eigenvalue weighted by molar-refractivity contribution is 5.42. The van der Waals surface area contributed by atoms with E-state index in [4.69, 9.17) is 6.42 Å². The van der Waals surface area contributed by atoms with Gasteiger partial charge in [-0.1, -0.05) is 24.1 Å². The Bertz CT molecular complexity index is 245. The van der Waals surface area contributed by atoms with Crippen LogP contribution in [-0.2, 0) is 0 Å². The third kappa shape index (κ3) is 3.12. The normalized spacial score (nSPS) is 8.92. The molecule has 0 aliphatic heterocycles. The van der Waals surface area contributed by atoms with E-state index in [2.05, 4.69) is 11.2 Å². The molecule has 0 aliphatic carbocycles. The average molecular weight is 158 g/mol. The van der Waals surface area contributed by atoms with E-state index in [9.17, 15) is 0 Å². The maximum Gasteiger partial charge on any atom is 0.0340 e. The first-order valence-corrected chi connectivity index (χ1v) is 4.12. The molecular weight excluding hydrogens is 146 g/mol. The fourth-order valence-electron chi connectivity index (χ4n) is 0.966. The highest BCUT2D eigenvalue weighted by atomic mass is 14.9. The fourth-order valence-corrected chi connectivity index (χ4v) is 0.966. The summed E-state index contributed by atoms with van der Waals surface area (Å²) in [6.07, 6.45) is 8.41. The Morgan fingerprint density at radius 2 is 2.00 bits per heavy atom. The molecule has 0 aliphatic rings. The molecule has 0 saturated heterocycles. The zero-order valence-electron chi connectivity index (χ0n) is 7.01. The quantitative estimate of drug-likeness (QED) is 0.524. The van der Waals surface area contributed by atoms with Crippen LogP contribution in [0.4, 0.5) is 5.69 Å². The summed E-state index contributed by atoms with van der Waals surface area (Å²) in [7, 11) is 0. The molecule has 0 bridgehead atoms. The smallest absolute Gasteiger partial charge is 0.0340 e. The van der Waals surface area contributed by atoms with Gasteiger partial charge in [-0.15, -0.1) is 0 Å². The summed E-state index contributed by atoms with van der Waals surface area (Å²) in [5, 5.41) is 3.26. The number of anilines is 1. The molecule has 0 saturated carbocycles. The van der Waals surface area contributed by atoms with Crippen molar-refractivity contribution < 1.29 is 0 Å². The van der Waals surface area contributed by atoms with Crippen molar-refractivity contribution in [2.45, 2.75) is 12.8 Å². The lowest BCUT2D eigenvalue weighted by molar-refractivity contribution is 0.906. The molecule has 12 heavy (non-hydrogen) atoms. The van der Waals surface area contributed by atoms with Crippen molar-refractivity contribution in [2.24, 2.45) is 0 Å². The molecule has 61 valence electrons. The lowest BCUT2D eigenvalue weighted by atomic mass is 10.3. The Hall–Kier alpha value is -1.42. The van der Waals surface area contributed by atoms with Crippen LogP contribution in [0.1, 0.15) is 12.8 Å². The van der Waals surface area contributed by atoms with Crippen molar-refractivity contribution >= 4 is 5.69 Å². The van der Waals surface area contributed by atoms with Gasteiger partial charge in [0.2, 0.25) is 0 Å². The average Bonchev–Trinajstić information content (AvgIpc) is 2.14. The van der Waals surface area contributed by atoms with E-state index < -0.39 is 0 Å². The van der Waals surface area contributed by atoms with Gasteiger partial charge in [0.15, 0.2) is 0 Å². The van der Waals surface area contributed by atoms with E-state index in [-0.39, 0.29) is 0 Å². The molecule has 1 heteroatoms. The van der Waals surface area contributed by atoms with E-state index in [1.807, 2.05) is 30.3 Å². The fraction of sp³-hybridized carbons (Fsp3) is 0.273. The second-order valence-corrected chi connectivity index (χ2v) is 2.57. The summed E-state index contributed by atoms with van der Waals surface area (Å²) in [6.45, 7) is 0.913. The number of para-hydroxylation sites is 1. The van der Waals surface area contributed by atoms with Gasteiger partial charge in [-0.2, -0.15) is 0 Å². The molecule has 0 unspecified atom stereocenters. The van der Waals surface area contributed by atoms with Gasteiger partial charge < -0.3 is 5.32 Å². The second-order valence-electron chi connectivity index (χ2n) is 2.57. The summed E-state index contributed by atoms with van der Waals surface area (Å²) in [5.41, 5.74) is 1.14. The van der Waals surface area contributed by atoms with Gasteiger partial charge in [0.05, 0.1) is 0 Å². The largest absolute Gasteiger partial charge is 0.385 e. The SMILES string of the molecule is [C]#CCCCNc1ccccc1. The molecule has 1 aromatic rings. The van der Waals surface area contributed by atoms with Crippen molar-refractivity contribution in [3.05, 3.63) is 36.8 Å². The minimum absolute atomic E-state index is 0.736. The highest BCUT2D eigenvalue weighted by Gasteiger charge is 1.87. The van der Waals surface area contributed by atoms with Crippen LogP contribution in [0.5, 0.6) is 0 Å². The van der Waals surface area contributed by atoms with Crippen LogP contribution in [0.2, 0.25) is 0 Å². The van der Waals surface area contributed by atoms with E-state index in [1.54, 1.807) is 0 Å². The van der Waals surface area contributed by atoms with E-state index in [0.29, 0.717) is 0 Å². The van der Waals surface area contributed by atoms with Crippen molar-refractivity contribution in [1.82, 2.24) is 0 Å². The van der Waals surface area contributed by atoms with E-state index >= 15 is 0 Å². The number of unbranched alkanes of at least 4 members (excludes halogenated alkanes) is 1. The molecule has 1 rings (SSSR count). The summed E-state index contributed by atoms with van der Waals surface area (Å²) < 4.78 is 0. The molecule has 1 radical (unpaired) electrons. The number of benzene rings is 1. The van der Waals surface area contributed by atoms with Gasteiger partial charge in [0.1, 0.15) is 0 Å². The van der Waals surface area contributed by atoms with Gasteiger partial charge in [0, 0.05) is 18.7 Å². The van der Waals surface area contributed by atoms with Gasteiger partial charge in [0.25, 0.3) is 0 Å². The molecule has 0 amide bonds. The Balaban J connectivity index is 2.21. The molecule has 1 N–H and O–H groups in total. The number of rotatable bonds is 4. The van der Waals surface area contributed by atoms with Crippen LogP contribution >= 0.6 is 0 Å². The van der Waals surface area contributed by atoms with Crippen molar-refractivity contribution in [3.8, 4) is 5.92 Å². The Labute approximate surface area is 73.8 Å². The van der Waals surface area contributed by atoms with Crippen molar-refractivity contribution in [3.63, 3.8) is 0 Å². The zero-order valence-corrected chi connectivity index (χ0v) is 7.01. The topological polar surface area (TPSA) is 12.0 Å². The first-order chi connectivity index (χ1) is 5.93. The van der Waals surface area contributed by atoms with E-state index in [1.165, 1.54) is 0 Å². The third-order valence-electron chi connectivity index (χ3n) is 1.58. The lowest BCUT2D eigenvalue weighted by Gasteiger charge is -2.03. The van der Waals surface area contributed by atoms with E-state index in [0.717, 1.165) is 25.1 Å². The number of hydrogen-bond donors (Lipinski definition) is 1. The molecule has 1 nitrogen and oxygen atoms in total. The Morgan fingerprint density at radius 1 is 1.25 bits per heavy atom. The Kier molecular flexibility index (Phi) is 3.80. The first-order valence-electron chi connectivity index (χ1n) is 4.12. The minimum Gasteiger partial charge on any atom is -0.385 e. The van der Waals surface area contributed by atoms with Gasteiger partial charge in [-0.3, -0.25) is 0 Å². The minimum atomic E-state index is 0.736. The zero-order chi connectivity index (χ0) is 8.65. The summed E-state index contributed by atoms with van der Waals surface area (Å²) in [5.74, 6) is 2.36. The predicted octanol–water partition coefficient (Wildman–Crippen LogP) is 2.47. The second kappa shape index (κ2) is 5.26. The molecule has 0 aromatic heterocycles. The standard InChI is InChI=1S/C11H12N/c1-2-3-7-10-12-11-8-5-4-6-9-11/h4-6,8-9,12H,3,7,10H2. The molecule has 0 atom stereocenters. The molecule has 0 heterocycles. The van der Waals surface area contributed by atoms with Crippen LogP contribution in [0.15, 0.2) is 30.3 Å². The molecule has 0 fully saturated rings. The molecule has 1 aromatic carbocycles. The van der Waals surface area contributed by atoms with Crippen LogP contribution < -0.4 is 5.32 Å². The third-order valence-corrected chi connectivity index (χ3v) is 1.58. The van der Waals surface area contributed by atoms with Crippen molar-refractivity contribution in [1.29, 1.82) is 0 Å². The number of nitrogens with one attached hydrogen (secondary N) is 1. The van der Waals surface area contributed by atoms with Gasteiger partial charge >= 0.3 is 0 Å². The summed E-state index contributed by atoms with van der Waals surface area (Å²) >= 11 is 0. The molecule has 0 spiro atoms. The van der Waals surface area contributed by atoms with Crippen molar-refractivity contribution in [2.75, 3.05) is 11.9 Å². The first kappa shape index (κ1) is 8.67. The van der Waals surface area contributed by atoms with Crippen LogP contribution in [0.25, 0.3) is 0 Å². The summed E-state index contributed by atoms with van der Waals surface area (Å²) in [4.78, 5) is 0. The number of hydrogen-bond acceptors (Lipinski definition) is 1. The Morgan fingerprint density at radius 3 is 2.67 bits per heavy atom. The van der Waals surface area contributed by atoms with Gasteiger partial charge in [-0.05, 0) is 25.0 Å².